The topological polar surface area (TPSA) is 25.4 Å². The van der Waals surface area contributed by atoms with Gasteiger partial charge in [0, 0.05) is 25.2 Å². The van der Waals surface area contributed by atoms with E-state index in [1.165, 1.54) is 19.3 Å². The van der Waals surface area contributed by atoms with Gasteiger partial charge in [0.2, 0.25) is 0 Å². The molecular formula is C12H16N2O. The molecule has 2 fully saturated rings. The fourth-order valence-corrected chi connectivity index (χ4v) is 2.64. The summed E-state index contributed by atoms with van der Waals surface area (Å²) in [7, 11) is 2.06. The number of rotatable bonds is 1. The highest BCUT2D eigenvalue weighted by molar-refractivity contribution is 5.12. The molecule has 1 atom stereocenters. The second-order valence-corrected chi connectivity index (χ2v) is 4.63. The Morgan fingerprint density at radius 3 is 2.87 bits per heavy atom. The monoisotopic (exact) mass is 204 g/mol. The third kappa shape index (κ3) is 1.38. The molecule has 0 N–H and O–H groups in total. The Hall–Kier alpha value is -0.930. The number of hydroxylamine groups is 2. The molecule has 3 rings (SSSR count). The van der Waals surface area contributed by atoms with E-state index in [-0.39, 0.29) is 6.10 Å². The number of aromatic nitrogens is 1. The summed E-state index contributed by atoms with van der Waals surface area (Å²) < 4.78 is 0. The van der Waals surface area contributed by atoms with Crippen LogP contribution in [0.1, 0.15) is 37.5 Å². The first-order chi connectivity index (χ1) is 7.30. The van der Waals surface area contributed by atoms with Gasteiger partial charge < -0.3 is 0 Å². The van der Waals surface area contributed by atoms with Crippen LogP contribution in [0, 0.1) is 0 Å². The van der Waals surface area contributed by atoms with E-state index in [1.807, 2.05) is 18.3 Å². The van der Waals surface area contributed by atoms with Gasteiger partial charge in [-0.3, -0.25) is 9.82 Å². The minimum atomic E-state index is 0.163. The van der Waals surface area contributed by atoms with E-state index in [2.05, 4.69) is 23.2 Å². The lowest BCUT2D eigenvalue weighted by atomic mass is 9.73. The molecule has 1 saturated heterocycles. The first kappa shape index (κ1) is 9.31. The van der Waals surface area contributed by atoms with Crippen LogP contribution in [0.5, 0.6) is 0 Å². The van der Waals surface area contributed by atoms with Crippen LogP contribution in [0.2, 0.25) is 0 Å². The summed E-state index contributed by atoms with van der Waals surface area (Å²) in [4.78, 5) is 10.2. The lowest BCUT2D eigenvalue weighted by Crippen LogP contribution is -2.46. The Bertz CT molecular complexity index is 348. The van der Waals surface area contributed by atoms with Gasteiger partial charge in [-0.05, 0) is 31.4 Å². The lowest BCUT2D eigenvalue weighted by Gasteiger charge is -2.41. The van der Waals surface area contributed by atoms with Crippen molar-refractivity contribution in [3.05, 3.63) is 30.1 Å². The fourth-order valence-electron chi connectivity index (χ4n) is 2.64. The number of hydrogen-bond donors (Lipinski definition) is 0. The Balaban J connectivity index is 1.81. The summed E-state index contributed by atoms with van der Waals surface area (Å²) in [5.74, 6) is 0. The molecule has 1 aromatic heterocycles. The van der Waals surface area contributed by atoms with Gasteiger partial charge in [-0.15, -0.1) is 0 Å². The predicted molar refractivity (Wildman–Crippen MR) is 57.0 cm³/mol. The summed E-state index contributed by atoms with van der Waals surface area (Å²) in [6.07, 6.45) is 6.98. The number of nitrogens with zero attached hydrogens (tertiary/aromatic N) is 2. The maximum Gasteiger partial charge on any atom is 0.123 e. The third-order valence-corrected chi connectivity index (χ3v) is 3.82. The molecule has 2 aliphatic rings. The van der Waals surface area contributed by atoms with Crippen LogP contribution >= 0.6 is 0 Å². The number of hydrogen-bond acceptors (Lipinski definition) is 3. The van der Waals surface area contributed by atoms with Crippen molar-refractivity contribution in [1.82, 2.24) is 10.0 Å². The summed E-state index contributed by atoms with van der Waals surface area (Å²) in [6.45, 7) is 0. The predicted octanol–water partition coefficient (Wildman–Crippen LogP) is 2.31. The highest BCUT2D eigenvalue weighted by Crippen LogP contribution is 2.49. The highest BCUT2D eigenvalue weighted by Gasteiger charge is 2.49. The summed E-state index contributed by atoms with van der Waals surface area (Å²) in [5, 5.41) is 2.07. The van der Waals surface area contributed by atoms with Crippen molar-refractivity contribution >= 4 is 0 Å². The molecule has 3 nitrogen and oxygen atoms in total. The largest absolute Gasteiger partial charge is 0.289 e. The highest BCUT2D eigenvalue weighted by atomic mass is 16.7. The van der Waals surface area contributed by atoms with Crippen LogP contribution < -0.4 is 0 Å². The lowest BCUT2D eigenvalue weighted by molar-refractivity contribution is -0.187. The van der Waals surface area contributed by atoms with E-state index >= 15 is 0 Å². The van der Waals surface area contributed by atoms with Crippen molar-refractivity contribution in [2.45, 2.75) is 37.3 Å². The van der Waals surface area contributed by atoms with Crippen LogP contribution in [-0.2, 0) is 4.84 Å². The van der Waals surface area contributed by atoms with Crippen LogP contribution in [-0.4, -0.2) is 22.6 Å². The van der Waals surface area contributed by atoms with E-state index in [1.54, 1.807) is 0 Å². The molecule has 0 aromatic carbocycles. The molecular weight excluding hydrogens is 188 g/mol. The average molecular weight is 204 g/mol. The first-order valence-corrected chi connectivity index (χ1v) is 5.62. The molecule has 2 heterocycles. The maximum absolute atomic E-state index is 5.88. The van der Waals surface area contributed by atoms with Gasteiger partial charge in [0.05, 0.1) is 5.69 Å². The van der Waals surface area contributed by atoms with Crippen molar-refractivity contribution in [2.75, 3.05) is 7.05 Å². The molecule has 80 valence electrons. The molecule has 1 spiro atoms. The molecule has 1 saturated carbocycles. The smallest absolute Gasteiger partial charge is 0.123 e. The standard InChI is InChI=1S/C12H16N2O/c1-14-12(6-4-7-12)9-11(15-14)10-5-2-3-8-13-10/h2-3,5,8,11H,4,6-7,9H2,1H3. The zero-order chi connectivity index (χ0) is 10.3. The normalized spacial score (nSPS) is 29.3. The second-order valence-electron chi connectivity index (χ2n) is 4.63. The summed E-state index contributed by atoms with van der Waals surface area (Å²) >= 11 is 0. The van der Waals surface area contributed by atoms with Gasteiger partial charge >= 0.3 is 0 Å². The van der Waals surface area contributed by atoms with E-state index in [0.717, 1.165) is 12.1 Å². The second kappa shape index (κ2) is 3.29. The van der Waals surface area contributed by atoms with Crippen molar-refractivity contribution in [3.8, 4) is 0 Å². The minimum Gasteiger partial charge on any atom is -0.289 e. The fraction of sp³-hybridized carbons (Fsp3) is 0.583. The summed E-state index contributed by atoms with van der Waals surface area (Å²) in [6, 6.07) is 6.02. The van der Waals surface area contributed by atoms with Gasteiger partial charge in [-0.1, -0.05) is 6.07 Å². The molecule has 1 aliphatic heterocycles. The van der Waals surface area contributed by atoms with Crippen molar-refractivity contribution in [2.24, 2.45) is 0 Å². The Morgan fingerprint density at radius 2 is 2.33 bits per heavy atom. The van der Waals surface area contributed by atoms with Crippen LogP contribution in [0.25, 0.3) is 0 Å². The minimum absolute atomic E-state index is 0.163. The van der Waals surface area contributed by atoms with Gasteiger partial charge in [-0.2, -0.15) is 5.06 Å². The average Bonchev–Trinajstić information content (AvgIpc) is 2.57. The molecule has 1 unspecified atom stereocenters. The van der Waals surface area contributed by atoms with E-state index in [9.17, 15) is 0 Å². The van der Waals surface area contributed by atoms with E-state index in [4.69, 9.17) is 4.84 Å². The van der Waals surface area contributed by atoms with Gasteiger partial charge in [-0.25, -0.2) is 0 Å². The van der Waals surface area contributed by atoms with Gasteiger partial charge in [0.25, 0.3) is 0 Å². The zero-order valence-electron chi connectivity index (χ0n) is 9.02. The molecule has 1 aromatic rings. The van der Waals surface area contributed by atoms with Crippen LogP contribution in [0.15, 0.2) is 24.4 Å². The van der Waals surface area contributed by atoms with Crippen molar-refractivity contribution in [3.63, 3.8) is 0 Å². The number of pyridine rings is 1. The van der Waals surface area contributed by atoms with Crippen LogP contribution in [0.4, 0.5) is 0 Å². The molecule has 15 heavy (non-hydrogen) atoms. The zero-order valence-corrected chi connectivity index (χ0v) is 9.02. The van der Waals surface area contributed by atoms with Gasteiger partial charge in [0.15, 0.2) is 0 Å². The SMILES string of the molecule is CN1OC(c2ccccn2)CC12CCC2. The van der Waals surface area contributed by atoms with Crippen molar-refractivity contribution < 1.29 is 4.84 Å². The Labute approximate surface area is 90.0 Å². The first-order valence-electron chi connectivity index (χ1n) is 5.62. The van der Waals surface area contributed by atoms with Gasteiger partial charge in [0.1, 0.15) is 6.10 Å². The van der Waals surface area contributed by atoms with E-state index < -0.39 is 0 Å². The van der Waals surface area contributed by atoms with E-state index in [0.29, 0.717) is 5.54 Å². The molecule has 0 bridgehead atoms. The quantitative estimate of drug-likeness (QED) is 0.702. The Morgan fingerprint density at radius 1 is 1.47 bits per heavy atom. The van der Waals surface area contributed by atoms with Crippen molar-refractivity contribution in [1.29, 1.82) is 0 Å². The third-order valence-electron chi connectivity index (χ3n) is 3.82. The maximum atomic E-state index is 5.88. The molecule has 1 aliphatic carbocycles. The molecule has 0 radical (unpaired) electrons. The molecule has 3 heteroatoms. The summed E-state index contributed by atoms with van der Waals surface area (Å²) in [5.41, 5.74) is 1.38. The van der Waals surface area contributed by atoms with Crippen LogP contribution in [0.3, 0.4) is 0 Å². The molecule has 0 amide bonds. The Kier molecular flexibility index (Phi) is 2.04.